The van der Waals surface area contributed by atoms with Crippen LogP contribution in [0.2, 0.25) is 0 Å². The van der Waals surface area contributed by atoms with Gasteiger partial charge in [-0.1, -0.05) is 36.4 Å². The van der Waals surface area contributed by atoms with Gasteiger partial charge in [0.15, 0.2) is 0 Å². The zero-order chi connectivity index (χ0) is 13.0. The Balaban J connectivity index is 2.08. The molecule has 0 aliphatic carbocycles. The van der Waals surface area contributed by atoms with Gasteiger partial charge in [-0.3, -0.25) is 4.79 Å². The van der Waals surface area contributed by atoms with Crippen LogP contribution in [0.5, 0.6) is 0 Å². The maximum absolute atomic E-state index is 13.5. The molecule has 18 heavy (non-hydrogen) atoms. The molecule has 3 nitrogen and oxygen atoms in total. The highest BCUT2D eigenvalue weighted by molar-refractivity contribution is 5.95. The SMILES string of the molecule is Nc1cccc(F)c1NC(=O)Cc1ccccc1. The molecule has 0 aliphatic heterocycles. The summed E-state index contributed by atoms with van der Waals surface area (Å²) in [6.45, 7) is 0. The Bertz CT molecular complexity index is 535. The molecule has 0 bridgehead atoms. The van der Waals surface area contributed by atoms with Crippen molar-refractivity contribution < 1.29 is 9.18 Å². The molecule has 92 valence electrons. The summed E-state index contributed by atoms with van der Waals surface area (Å²) >= 11 is 0. The van der Waals surface area contributed by atoms with Gasteiger partial charge in [-0.2, -0.15) is 0 Å². The first-order valence-corrected chi connectivity index (χ1v) is 5.54. The number of hydrogen-bond acceptors (Lipinski definition) is 2. The smallest absolute Gasteiger partial charge is 0.228 e. The fourth-order valence-corrected chi connectivity index (χ4v) is 1.64. The Morgan fingerprint density at radius 2 is 1.83 bits per heavy atom. The van der Waals surface area contributed by atoms with Crippen LogP contribution in [0.3, 0.4) is 0 Å². The number of nitrogens with one attached hydrogen (secondary N) is 1. The lowest BCUT2D eigenvalue weighted by molar-refractivity contribution is -0.115. The third kappa shape index (κ3) is 2.85. The third-order valence-corrected chi connectivity index (χ3v) is 2.52. The van der Waals surface area contributed by atoms with Crippen molar-refractivity contribution in [3.63, 3.8) is 0 Å². The number of halogens is 1. The van der Waals surface area contributed by atoms with E-state index in [4.69, 9.17) is 5.73 Å². The predicted molar refractivity (Wildman–Crippen MR) is 69.6 cm³/mol. The summed E-state index contributed by atoms with van der Waals surface area (Å²) in [5, 5.41) is 2.49. The zero-order valence-electron chi connectivity index (χ0n) is 9.69. The minimum Gasteiger partial charge on any atom is -0.397 e. The van der Waals surface area contributed by atoms with Crippen LogP contribution < -0.4 is 11.1 Å². The van der Waals surface area contributed by atoms with Gasteiger partial charge >= 0.3 is 0 Å². The highest BCUT2D eigenvalue weighted by atomic mass is 19.1. The van der Waals surface area contributed by atoms with E-state index in [-0.39, 0.29) is 23.7 Å². The van der Waals surface area contributed by atoms with Crippen LogP contribution in [0.1, 0.15) is 5.56 Å². The molecule has 0 aromatic heterocycles. The van der Waals surface area contributed by atoms with Crippen LogP contribution in [-0.4, -0.2) is 5.91 Å². The van der Waals surface area contributed by atoms with Crippen LogP contribution in [0, 0.1) is 5.82 Å². The molecule has 2 aromatic carbocycles. The summed E-state index contributed by atoms with van der Waals surface area (Å²) in [5.74, 6) is -0.825. The number of carbonyl (C=O) groups is 1. The molecule has 0 radical (unpaired) electrons. The second-order valence-corrected chi connectivity index (χ2v) is 3.91. The Kier molecular flexibility index (Phi) is 3.57. The van der Waals surface area contributed by atoms with E-state index in [0.717, 1.165) is 5.56 Å². The third-order valence-electron chi connectivity index (χ3n) is 2.52. The maximum Gasteiger partial charge on any atom is 0.228 e. The van der Waals surface area contributed by atoms with Crippen molar-refractivity contribution in [1.82, 2.24) is 0 Å². The van der Waals surface area contributed by atoms with Crippen molar-refractivity contribution in [2.45, 2.75) is 6.42 Å². The van der Waals surface area contributed by atoms with E-state index < -0.39 is 5.82 Å². The maximum atomic E-state index is 13.5. The van der Waals surface area contributed by atoms with Crippen LogP contribution in [0.4, 0.5) is 15.8 Å². The van der Waals surface area contributed by atoms with E-state index in [1.54, 1.807) is 6.07 Å². The standard InChI is InChI=1S/C14H13FN2O/c15-11-7-4-8-12(16)14(11)17-13(18)9-10-5-2-1-3-6-10/h1-8H,9,16H2,(H,17,18). The topological polar surface area (TPSA) is 55.1 Å². The number of carbonyl (C=O) groups excluding carboxylic acids is 1. The van der Waals surface area contributed by atoms with E-state index in [0.29, 0.717) is 0 Å². The molecule has 3 N–H and O–H groups in total. The van der Waals surface area contributed by atoms with Crippen molar-refractivity contribution >= 4 is 17.3 Å². The van der Waals surface area contributed by atoms with Gasteiger partial charge in [0.05, 0.1) is 12.1 Å². The Morgan fingerprint density at radius 1 is 1.11 bits per heavy atom. The number of hydrogen-bond donors (Lipinski definition) is 2. The average molecular weight is 244 g/mol. The summed E-state index contributed by atoms with van der Waals surface area (Å²) in [5.41, 5.74) is 6.73. The second-order valence-electron chi connectivity index (χ2n) is 3.91. The lowest BCUT2D eigenvalue weighted by Gasteiger charge is -2.09. The second kappa shape index (κ2) is 5.31. The number of para-hydroxylation sites is 1. The van der Waals surface area contributed by atoms with Gasteiger partial charge in [-0.25, -0.2) is 4.39 Å². The predicted octanol–water partition coefficient (Wildman–Crippen LogP) is 2.59. The molecule has 0 unspecified atom stereocenters. The van der Waals surface area contributed by atoms with Crippen molar-refractivity contribution in [2.75, 3.05) is 11.1 Å². The summed E-state index contributed by atoms with van der Waals surface area (Å²) in [6.07, 6.45) is 0.189. The van der Waals surface area contributed by atoms with E-state index in [1.807, 2.05) is 30.3 Å². The summed E-state index contributed by atoms with van der Waals surface area (Å²) in [4.78, 5) is 11.8. The van der Waals surface area contributed by atoms with Crippen LogP contribution in [0.25, 0.3) is 0 Å². The highest BCUT2D eigenvalue weighted by Crippen LogP contribution is 2.21. The molecule has 2 rings (SSSR count). The molecular formula is C14H13FN2O. The molecule has 0 heterocycles. The molecule has 4 heteroatoms. The number of nitrogen functional groups attached to an aromatic ring is 1. The largest absolute Gasteiger partial charge is 0.397 e. The van der Waals surface area contributed by atoms with Gasteiger partial charge in [-0.15, -0.1) is 0 Å². The van der Waals surface area contributed by atoms with Gasteiger partial charge in [0.25, 0.3) is 0 Å². The van der Waals surface area contributed by atoms with Gasteiger partial charge in [0.2, 0.25) is 5.91 Å². The molecule has 0 fully saturated rings. The van der Waals surface area contributed by atoms with Gasteiger partial charge in [0.1, 0.15) is 11.5 Å². The lowest BCUT2D eigenvalue weighted by atomic mass is 10.1. The Morgan fingerprint density at radius 3 is 2.50 bits per heavy atom. The van der Waals surface area contributed by atoms with Crippen molar-refractivity contribution in [3.8, 4) is 0 Å². The highest BCUT2D eigenvalue weighted by Gasteiger charge is 2.10. The Labute approximate surface area is 104 Å². The fourth-order valence-electron chi connectivity index (χ4n) is 1.64. The van der Waals surface area contributed by atoms with Gasteiger partial charge in [-0.05, 0) is 17.7 Å². The van der Waals surface area contributed by atoms with Gasteiger partial charge < -0.3 is 11.1 Å². The van der Waals surface area contributed by atoms with E-state index in [2.05, 4.69) is 5.32 Å². The number of rotatable bonds is 3. The monoisotopic (exact) mass is 244 g/mol. The quantitative estimate of drug-likeness (QED) is 0.815. The van der Waals surface area contributed by atoms with E-state index in [1.165, 1.54) is 12.1 Å². The van der Waals surface area contributed by atoms with Crippen molar-refractivity contribution in [2.24, 2.45) is 0 Å². The molecule has 0 aliphatic rings. The van der Waals surface area contributed by atoms with Crippen LogP contribution >= 0.6 is 0 Å². The van der Waals surface area contributed by atoms with E-state index >= 15 is 0 Å². The average Bonchev–Trinajstić information content (AvgIpc) is 2.35. The molecular weight excluding hydrogens is 231 g/mol. The molecule has 0 saturated carbocycles. The lowest BCUT2D eigenvalue weighted by Crippen LogP contribution is -2.16. The number of benzene rings is 2. The van der Waals surface area contributed by atoms with Crippen molar-refractivity contribution in [3.05, 3.63) is 59.9 Å². The van der Waals surface area contributed by atoms with Crippen molar-refractivity contribution in [1.29, 1.82) is 0 Å². The summed E-state index contributed by atoms with van der Waals surface area (Å²) in [6, 6.07) is 13.5. The number of anilines is 2. The molecule has 0 atom stereocenters. The molecule has 1 amide bonds. The van der Waals surface area contributed by atoms with E-state index in [9.17, 15) is 9.18 Å². The summed E-state index contributed by atoms with van der Waals surface area (Å²) in [7, 11) is 0. The number of amides is 1. The first-order valence-electron chi connectivity index (χ1n) is 5.54. The van der Waals surface area contributed by atoms with Crippen LogP contribution in [0.15, 0.2) is 48.5 Å². The molecule has 2 aromatic rings. The zero-order valence-corrected chi connectivity index (χ0v) is 9.69. The first-order chi connectivity index (χ1) is 8.66. The number of nitrogens with two attached hydrogens (primary N) is 1. The molecule has 0 saturated heterocycles. The minimum absolute atomic E-state index is 0.0402. The molecule has 0 spiro atoms. The van der Waals surface area contributed by atoms with Gasteiger partial charge in [0, 0.05) is 0 Å². The first kappa shape index (κ1) is 12.1. The fraction of sp³-hybridized carbons (Fsp3) is 0.0714. The normalized spacial score (nSPS) is 10.1. The summed E-state index contributed by atoms with van der Waals surface area (Å²) < 4.78 is 13.5. The van der Waals surface area contributed by atoms with Crippen LogP contribution in [-0.2, 0) is 11.2 Å². The minimum atomic E-state index is -0.531. The Hall–Kier alpha value is -2.36.